The van der Waals surface area contributed by atoms with Gasteiger partial charge in [0, 0.05) is 7.11 Å². The second kappa shape index (κ2) is 2.64. The summed E-state index contributed by atoms with van der Waals surface area (Å²) in [7, 11) is 1.55. The normalized spacial score (nSPS) is 43.7. The third kappa shape index (κ3) is 1.23. The Bertz CT molecular complexity index is 94.3. The van der Waals surface area contributed by atoms with Crippen molar-refractivity contribution in [3.8, 4) is 0 Å². The van der Waals surface area contributed by atoms with Crippen LogP contribution in [0.5, 0.6) is 0 Å². The maximum absolute atomic E-state index is 9.08. The summed E-state index contributed by atoms with van der Waals surface area (Å²) in [4.78, 5) is 0. The van der Waals surface area contributed by atoms with Crippen molar-refractivity contribution in [1.82, 2.24) is 0 Å². The van der Waals surface area contributed by atoms with Crippen LogP contribution in [0.2, 0.25) is 0 Å². The second-order valence-corrected chi connectivity index (χ2v) is 2.41. The molecule has 1 aliphatic carbocycles. The SMILES string of the molecule is COC1CCC(O)C1O. The molecule has 1 rings (SSSR count). The van der Waals surface area contributed by atoms with Crippen molar-refractivity contribution in [3.05, 3.63) is 0 Å². The number of ether oxygens (including phenoxy) is 1. The molecule has 0 aliphatic heterocycles. The molecule has 0 bridgehead atoms. The molecule has 3 nitrogen and oxygen atoms in total. The zero-order valence-electron chi connectivity index (χ0n) is 5.45. The quantitative estimate of drug-likeness (QED) is 0.506. The molecule has 2 N–H and O–H groups in total. The Kier molecular flexibility index (Phi) is 2.05. The van der Waals surface area contributed by atoms with Crippen LogP contribution in [0.15, 0.2) is 0 Å². The zero-order chi connectivity index (χ0) is 6.85. The third-order valence-corrected chi connectivity index (χ3v) is 1.82. The van der Waals surface area contributed by atoms with E-state index in [9.17, 15) is 0 Å². The lowest BCUT2D eigenvalue weighted by Gasteiger charge is -2.13. The average molecular weight is 132 g/mol. The first-order valence-corrected chi connectivity index (χ1v) is 3.14. The van der Waals surface area contributed by atoms with E-state index in [-0.39, 0.29) is 6.10 Å². The molecule has 1 saturated carbocycles. The summed E-state index contributed by atoms with van der Waals surface area (Å²) in [5.74, 6) is 0. The van der Waals surface area contributed by atoms with Gasteiger partial charge in [-0.3, -0.25) is 0 Å². The molecule has 1 aliphatic rings. The first kappa shape index (κ1) is 6.99. The van der Waals surface area contributed by atoms with Crippen molar-refractivity contribution in [2.75, 3.05) is 7.11 Å². The van der Waals surface area contributed by atoms with E-state index in [1.807, 2.05) is 0 Å². The van der Waals surface area contributed by atoms with Gasteiger partial charge in [0.1, 0.15) is 6.10 Å². The third-order valence-electron chi connectivity index (χ3n) is 1.82. The number of aliphatic hydroxyl groups is 2. The highest BCUT2D eigenvalue weighted by Gasteiger charge is 2.32. The summed E-state index contributed by atoms with van der Waals surface area (Å²) in [5.41, 5.74) is 0. The molecule has 0 aromatic heterocycles. The van der Waals surface area contributed by atoms with Gasteiger partial charge >= 0.3 is 0 Å². The Morgan fingerprint density at radius 1 is 1.33 bits per heavy atom. The van der Waals surface area contributed by atoms with Gasteiger partial charge in [0.15, 0.2) is 0 Å². The van der Waals surface area contributed by atoms with Crippen LogP contribution in [0, 0.1) is 0 Å². The molecule has 0 spiro atoms. The zero-order valence-corrected chi connectivity index (χ0v) is 5.45. The summed E-state index contributed by atoms with van der Waals surface area (Å²) in [6.07, 6.45) is 0.0170. The van der Waals surface area contributed by atoms with Crippen LogP contribution in [0.1, 0.15) is 12.8 Å². The highest BCUT2D eigenvalue weighted by molar-refractivity contribution is 4.84. The Balaban J connectivity index is 2.41. The monoisotopic (exact) mass is 132 g/mol. The summed E-state index contributed by atoms with van der Waals surface area (Å²) in [6, 6.07) is 0. The Labute approximate surface area is 54.3 Å². The van der Waals surface area contributed by atoms with Crippen LogP contribution >= 0.6 is 0 Å². The van der Waals surface area contributed by atoms with Gasteiger partial charge in [-0.15, -0.1) is 0 Å². The highest BCUT2D eigenvalue weighted by Crippen LogP contribution is 2.21. The second-order valence-electron chi connectivity index (χ2n) is 2.41. The first-order valence-electron chi connectivity index (χ1n) is 3.14. The lowest BCUT2D eigenvalue weighted by Crippen LogP contribution is -2.29. The van der Waals surface area contributed by atoms with Gasteiger partial charge in [-0.05, 0) is 12.8 Å². The molecule has 3 heteroatoms. The van der Waals surface area contributed by atoms with E-state index < -0.39 is 12.2 Å². The number of aliphatic hydroxyl groups excluding tert-OH is 2. The van der Waals surface area contributed by atoms with E-state index in [4.69, 9.17) is 14.9 Å². The molecule has 0 saturated heterocycles. The Morgan fingerprint density at radius 3 is 2.22 bits per heavy atom. The van der Waals surface area contributed by atoms with Gasteiger partial charge < -0.3 is 14.9 Å². The van der Waals surface area contributed by atoms with Crippen molar-refractivity contribution in [1.29, 1.82) is 0 Å². The van der Waals surface area contributed by atoms with Gasteiger partial charge in [-0.25, -0.2) is 0 Å². The Morgan fingerprint density at radius 2 is 2.00 bits per heavy atom. The van der Waals surface area contributed by atoms with E-state index in [0.717, 1.165) is 6.42 Å². The van der Waals surface area contributed by atoms with E-state index in [2.05, 4.69) is 0 Å². The smallest absolute Gasteiger partial charge is 0.106 e. The Hall–Kier alpha value is -0.120. The minimum atomic E-state index is -0.671. The minimum absolute atomic E-state index is 0.153. The van der Waals surface area contributed by atoms with Crippen LogP contribution in [0.4, 0.5) is 0 Å². The summed E-state index contributed by atoms with van der Waals surface area (Å²) in [5, 5.41) is 18.1. The van der Waals surface area contributed by atoms with Crippen LogP contribution < -0.4 is 0 Å². The predicted molar refractivity (Wildman–Crippen MR) is 32.0 cm³/mol. The topological polar surface area (TPSA) is 49.7 Å². The molecular formula is C6H12O3. The van der Waals surface area contributed by atoms with Crippen LogP contribution in [-0.4, -0.2) is 35.6 Å². The van der Waals surface area contributed by atoms with E-state index in [0.29, 0.717) is 6.42 Å². The fourth-order valence-electron chi connectivity index (χ4n) is 1.18. The lowest BCUT2D eigenvalue weighted by atomic mass is 10.2. The van der Waals surface area contributed by atoms with Gasteiger partial charge in [0.25, 0.3) is 0 Å². The molecule has 0 radical (unpaired) electrons. The molecule has 1 fully saturated rings. The highest BCUT2D eigenvalue weighted by atomic mass is 16.5. The minimum Gasteiger partial charge on any atom is -0.390 e. The molecule has 3 unspecified atom stereocenters. The number of hydrogen-bond acceptors (Lipinski definition) is 3. The fourth-order valence-corrected chi connectivity index (χ4v) is 1.18. The van der Waals surface area contributed by atoms with Crippen molar-refractivity contribution in [2.24, 2.45) is 0 Å². The van der Waals surface area contributed by atoms with E-state index in [1.165, 1.54) is 0 Å². The molecule has 0 aromatic rings. The molecular weight excluding hydrogens is 120 g/mol. The molecule has 0 heterocycles. The first-order chi connectivity index (χ1) is 4.25. The van der Waals surface area contributed by atoms with Gasteiger partial charge in [-0.2, -0.15) is 0 Å². The van der Waals surface area contributed by atoms with Crippen LogP contribution in [-0.2, 0) is 4.74 Å². The number of hydrogen-bond donors (Lipinski definition) is 2. The van der Waals surface area contributed by atoms with Gasteiger partial charge in [0.2, 0.25) is 0 Å². The summed E-state index contributed by atoms with van der Waals surface area (Å²) >= 11 is 0. The lowest BCUT2D eigenvalue weighted by molar-refractivity contribution is -0.0366. The van der Waals surface area contributed by atoms with E-state index in [1.54, 1.807) is 7.11 Å². The fraction of sp³-hybridized carbons (Fsp3) is 1.00. The van der Waals surface area contributed by atoms with Crippen molar-refractivity contribution < 1.29 is 14.9 Å². The maximum atomic E-state index is 9.08. The standard InChI is InChI=1S/C6H12O3/c1-9-5-3-2-4(7)6(5)8/h4-8H,2-3H2,1H3. The maximum Gasteiger partial charge on any atom is 0.106 e. The average Bonchev–Trinajstić information content (AvgIpc) is 2.15. The van der Waals surface area contributed by atoms with Crippen LogP contribution in [0.25, 0.3) is 0 Å². The van der Waals surface area contributed by atoms with Crippen molar-refractivity contribution in [3.63, 3.8) is 0 Å². The number of methoxy groups -OCH3 is 1. The largest absolute Gasteiger partial charge is 0.390 e. The van der Waals surface area contributed by atoms with Crippen molar-refractivity contribution >= 4 is 0 Å². The molecule has 0 amide bonds. The number of rotatable bonds is 1. The van der Waals surface area contributed by atoms with Gasteiger partial charge in [-0.1, -0.05) is 0 Å². The summed E-state index contributed by atoms with van der Waals surface area (Å²) < 4.78 is 4.88. The molecule has 9 heavy (non-hydrogen) atoms. The molecule has 0 aromatic carbocycles. The predicted octanol–water partition coefficient (Wildman–Crippen LogP) is -0.483. The summed E-state index contributed by atoms with van der Waals surface area (Å²) in [6.45, 7) is 0. The molecule has 54 valence electrons. The van der Waals surface area contributed by atoms with Gasteiger partial charge in [0.05, 0.1) is 12.2 Å². The molecule has 3 atom stereocenters. The van der Waals surface area contributed by atoms with Crippen LogP contribution in [0.3, 0.4) is 0 Å². The van der Waals surface area contributed by atoms with Crippen molar-refractivity contribution in [2.45, 2.75) is 31.2 Å². The van der Waals surface area contributed by atoms with E-state index >= 15 is 0 Å².